The molecule has 2 N–H and O–H groups in total. The number of hydrogen-bond acceptors (Lipinski definition) is 4. The minimum Gasteiger partial charge on any atom is -0.506 e. The highest BCUT2D eigenvalue weighted by atomic mass is 35.5. The summed E-state index contributed by atoms with van der Waals surface area (Å²) < 4.78 is 0. The standard InChI is InChI=1S/C14H10ClN3O/c15-9-5-6-13(19)12(7-9)18-14-10-3-1-2-4-11(10)16-8-17-14/h1-8,19H,(H,16,17,18). The molecule has 5 heteroatoms. The van der Waals surface area contributed by atoms with E-state index in [-0.39, 0.29) is 5.75 Å². The Labute approximate surface area is 114 Å². The highest BCUT2D eigenvalue weighted by Crippen LogP contribution is 2.30. The van der Waals surface area contributed by atoms with E-state index in [0.29, 0.717) is 16.5 Å². The Balaban J connectivity index is 2.08. The van der Waals surface area contributed by atoms with E-state index in [9.17, 15) is 5.11 Å². The second-order valence-corrected chi connectivity index (χ2v) is 4.46. The van der Waals surface area contributed by atoms with Crippen molar-refractivity contribution in [3.8, 4) is 5.75 Å². The summed E-state index contributed by atoms with van der Waals surface area (Å²) in [5.41, 5.74) is 1.35. The smallest absolute Gasteiger partial charge is 0.141 e. The number of hydrogen-bond donors (Lipinski definition) is 2. The van der Waals surface area contributed by atoms with Crippen molar-refractivity contribution in [2.45, 2.75) is 0 Å². The molecule has 94 valence electrons. The van der Waals surface area contributed by atoms with Crippen molar-refractivity contribution in [1.82, 2.24) is 9.97 Å². The van der Waals surface area contributed by atoms with Gasteiger partial charge in [0.15, 0.2) is 0 Å². The van der Waals surface area contributed by atoms with E-state index in [4.69, 9.17) is 11.6 Å². The Kier molecular flexibility index (Phi) is 2.93. The molecular weight excluding hydrogens is 262 g/mol. The van der Waals surface area contributed by atoms with Crippen molar-refractivity contribution in [3.63, 3.8) is 0 Å². The molecule has 0 fully saturated rings. The third-order valence-electron chi connectivity index (χ3n) is 2.75. The number of phenolic OH excluding ortho intramolecular Hbond substituents is 1. The number of fused-ring (bicyclic) bond motifs is 1. The monoisotopic (exact) mass is 271 g/mol. The van der Waals surface area contributed by atoms with E-state index in [2.05, 4.69) is 15.3 Å². The van der Waals surface area contributed by atoms with Gasteiger partial charge in [-0.05, 0) is 30.3 Å². The summed E-state index contributed by atoms with van der Waals surface area (Å²) in [5.74, 6) is 0.746. The molecule has 3 rings (SSSR count). The summed E-state index contributed by atoms with van der Waals surface area (Å²) in [7, 11) is 0. The Morgan fingerprint density at radius 2 is 1.89 bits per heavy atom. The molecule has 0 radical (unpaired) electrons. The summed E-state index contributed by atoms with van der Waals surface area (Å²) in [6.07, 6.45) is 1.48. The van der Waals surface area contributed by atoms with Crippen molar-refractivity contribution in [2.75, 3.05) is 5.32 Å². The lowest BCUT2D eigenvalue weighted by atomic mass is 10.2. The SMILES string of the molecule is Oc1ccc(Cl)cc1Nc1ncnc2ccccc12. The van der Waals surface area contributed by atoms with Crippen molar-refractivity contribution in [3.05, 3.63) is 53.8 Å². The summed E-state index contributed by atoms with van der Waals surface area (Å²) in [6.45, 7) is 0. The fourth-order valence-corrected chi connectivity index (χ4v) is 2.01. The van der Waals surface area contributed by atoms with Crippen LogP contribution in [-0.4, -0.2) is 15.1 Å². The maximum absolute atomic E-state index is 9.80. The lowest BCUT2D eigenvalue weighted by Crippen LogP contribution is -1.96. The van der Waals surface area contributed by atoms with E-state index in [1.807, 2.05) is 24.3 Å². The minimum atomic E-state index is 0.118. The van der Waals surface area contributed by atoms with Crippen molar-refractivity contribution < 1.29 is 5.11 Å². The second-order valence-electron chi connectivity index (χ2n) is 4.03. The topological polar surface area (TPSA) is 58.0 Å². The average Bonchev–Trinajstić information content (AvgIpc) is 2.43. The molecule has 3 aromatic rings. The lowest BCUT2D eigenvalue weighted by Gasteiger charge is -2.09. The number of nitrogens with zero attached hydrogens (tertiary/aromatic N) is 2. The fraction of sp³-hybridized carbons (Fsp3) is 0. The van der Waals surface area contributed by atoms with Crippen molar-refractivity contribution in [1.29, 1.82) is 0 Å². The summed E-state index contributed by atoms with van der Waals surface area (Å²) >= 11 is 5.92. The lowest BCUT2D eigenvalue weighted by molar-refractivity contribution is 0.478. The quantitative estimate of drug-likeness (QED) is 0.697. The molecule has 0 atom stereocenters. The number of benzene rings is 2. The Morgan fingerprint density at radius 1 is 1.05 bits per heavy atom. The molecule has 1 heterocycles. The van der Waals surface area contributed by atoms with Crippen LogP contribution < -0.4 is 5.32 Å². The Bertz CT molecular complexity index is 740. The van der Waals surface area contributed by atoms with Gasteiger partial charge in [-0.2, -0.15) is 0 Å². The van der Waals surface area contributed by atoms with Gasteiger partial charge in [0.2, 0.25) is 0 Å². The third kappa shape index (κ3) is 2.30. The van der Waals surface area contributed by atoms with Crippen LogP contribution in [0.4, 0.5) is 11.5 Å². The number of phenols is 1. The molecule has 4 nitrogen and oxygen atoms in total. The van der Waals surface area contributed by atoms with Gasteiger partial charge in [0.1, 0.15) is 17.9 Å². The van der Waals surface area contributed by atoms with E-state index in [1.54, 1.807) is 12.1 Å². The van der Waals surface area contributed by atoms with Crippen LogP contribution in [0.2, 0.25) is 5.02 Å². The molecule has 0 spiro atoms. The molecule has 0 aliphatic carbocycles. The fourth-order valence-electron chi connectivity index (χ4n) is 1.84. The van der Waals surface area contributed by atoms with Crippen LogP contribution in [0, 0.1) is 0 Å². The van der Waals surface area contributed by atoms with Crippen LogP contribution in [0.1, 0.15) is 0 Å². The van der Waals surface area contributed by atoms with Crippen molar-refractivity contribution in [2.24, 2.45) is 0 Å². The zero-order valence-corrected chi connectivity index (χ0v) is 10.6. The van der Waals surface area contributed by atoms with Gasteiger partial charge in [-0.1, -0.05) is 23.7 Å². The summed E-state index contributed by atoms with van der Waals surface area (Å²) in [6, 6.07) is 12.5. The zero-order valence-electron chi connectivity index (χ0n) is 9.84. The van der Waals surface area contributed by atoms with Crippen LogP contribution in [0.5, 0.6) is 5.75 Å². The molecule has 19 heavy (non-hydrogen) atoms. The Morgan fingerprint density at radius 3 is 2.79 bits per heavy atom. The highest BCUT2D eigenvalue weighted by Gasteiger charge is 2.06. The van der Waals surface area contributed by atoms with Gasteiger partial charge >= 0.3 is 0 Å². The molecule has 0 amide bonds. The first-order chi connectivity index (χ1) is 9.24. The van der Waals surface area contributed by atoms with Gasteiger partial charge in [0.05, 0.1) is 11.2 Å². The number of nitrogens with one attached hydrogen (secondary N) is 1. The molecule has 0 saturated heterocycles. The van der Waals surface area contributed by atoms with Gasteiger partial charge in [0.25, 0.3) is 0 Å². The van der Waals surface area contributed by atoms with Gasteiger partial charge in [-0.25, -0.2) is 9.97 Å². The molecular formula is C14H10ClN3O. The largest absolute Gasteiger partial charge is 0.506 e. The van der Waals surface area contributed by atoms with Gasteiger partial charge in [-0.3, -0.25) is 0 Å². The number of rotatable bonds is 2. The normalized spacial score (nSPS) is 10.6. The van der Waals surface area contributed by atoms with Crippen LogP contribution in [0.25, 0.3) is 10.9 Å². The van der Waals surface area contributed by atoms with E-state index >= 15 is 0 Å². The minimum absolute atomic E-state index is 0.118. The second kappa shape index (κ2) is 4.74. The van der Waals surface area contributed by atoms with Gasteiger partial charge in [-0.15, -0.1) is 0 Å². The number of aromatic nitrogens is 2. The first kappa shape index (κ1) is 11.7. The summed E-state index contributed by atoms with van der Waals surface area (Å²) in [5, 5.41) is 14.3. The zero-order chi connectivity index (χ0) is 13.2. The first-order valence-corrected chi connectivity index (χ1v) is 6.07. The van der Waals surface area contributed by atoms with E-state index in [0.717, 1.165) is 10.9 Å². The highest BCUT2D eigenvalue weighted by molar-refractivity contribution is 6.31. The number of halogens is 1. The molecule has 1 aromatic heterocycles. The van der Waals surface area contributed by atoms with Gasteiger partial charge in [0, 0.05) is 10.4 Å². The molecule has 0 bridgehead atoms. The predicted octanol–water partition coefficient (Wildman–Crippen LogP) is 3.73. The average molecular weight is 272 g/mol. The molecule has 0 aliphatic heterocycles. The van der Waals surface area contributed by atoms with E-state index < -0.39 is 0 Å². The first-order valence-electron chi connectivity index (χ1n) is 5.69. The Hall–Kier alpha value is -2.33. The number of para-hydroxylation sites is 1. The van der Waals surface area contributed by atoms with Crippen LogP contribution in [0.3, 0.4) is 0 Å². The maximum atomic E-state index is 9.80. The van der Waals surface area contributed by atoms with Crippen LogP contribution in [-0.2, 0) is 0 Å². The van der Waals surface area contributed by atoms with Crippen LogP contribution in [0.15, 0.2) is 48.8 Å². The predicted molar refractivity (Wildman–Crippen MR) is 75.9 cm³/mol. The summed E-state index contributed by atoms with van der Waals surface area (Å²) in [4.78, 5) is 8.38. The molecule has 0 saturated carbocycles. The number of aromatic hydroxyl groups is 1. The van der Waals surface area contributed by atoms with Crippen molar-refractivity contribution >= 4 is 34.0 Å². The molecule has 0 aliphatic rings. The van der Waals surface area contributed by atoms with E-state index in [1.165, 1.54) is 12.4 Å². The third-order valence-corrected chi connectivity index (χ3v) is 2.99. The maximum Gasteiger partial charge on any atom is 0.141 e. The number of anilines is 2. The van der Waals surface area contributed by atoms with Gasteiger partial charge < -0.3 is 10.4 Å². The molecule has 0 unspecified atom stereocenters. The van der Waals surface area contributed by atoms with Crippen LogP contribution >= 0.6 is 11.6 Å². The molecule has 2 aromatic carbocycles.